The van der Waals surface area contributed by atoms with E-state index in [0.29, 0.717) is 6.42 Å². The number of aromatic nitrogens is 2. The molecule has 0 amide bonds. The standard InChI is InChI=1S/C6H7Br2N3O2/c7-11(8)5(6(12)13)1-4-2-9-3-10-4/h2-3,5H,1H2,(H,9,10)(H,12,13)/t5-/m0/s1. The molecule has 0 spiro atoms. The van der Waals surface area contributed by atoms with Gasteiger partial charge in [0, 0.05) is 50.6 Å². The molecule has 0 bridgehead atoms. The van der Waals surface area contributed by atoms with Crippen LogP contribution in [0.1, 0.15) is 5.69 Å². The molecule has 1 rings (SSSR count). The molecule has 5 nitrogen and oxygen atoms in total. The monoisotopic (exact) mass is 311 g/mol. The van der Waals surface area contributed by atoms with Gasteiger partial charge >= 0.3 is 5.97 Å². The van der Waals surface area contributed by atoms with Crippen LogP contribution >= 0.6 is 32.3 Å². The molecule has 72 valence electrons. The first kappa shape index (κ1) is 10.7. The fraction of sp³-hybridized carbons (Fsp3) is 0.333. The smallest absolute Gasteiger partial charge is 0.323 e. The van der Waals surface area contributed by atoms with Gasteiger partial charge in [-0.05, 0) is 0 Å². The minimum absolute atomic E-state index is 0.353. The van der Waals surface area contributed by atoms with E-state index in [4.69, 9.17) is 5.11 Å². The number of aromatic amines is 1. The van der Waals surface area contributed by atoms with Crippen LogP contribution in [-0.2, 0) is 11.2 Å². The highest BCUT2D eigenvalue weighted by atomic mass is 79.9. The Labute approximate surface area is 91.8 Å². The van der Waals surface area contributed by atoms with Gasteiger partial charge in [-0.25, -0.2) is 4.98 Å². The van der Waals surface area contributed by atoms with Crippen molar-refractivity contribution in [1.29, 1.82) is 0 Å². The largest absolute Gasteiger partial charge is 0.480 e. The molecule has 0 saturated carbocycles. The first-order valence-electron chi connectivity index (χ1n) is 3.42. The lowest BCUT2D eigenvalue weighted by atomic mass is 10.2. The second kappa shape index (κ2) is 4.73. The third-order valence-corrected chi connectivity index (χ3v) is 2.48. The lowest BCUT2D eigenvalue weighted by molar-refractivity contribution is -0.139. The fourth-order valence-corrected chi connectivity index (χ4v) is 1.48. The summed E-state index contributed by atoms with van der Waals surface area (Å²) in [4.78, 5) is 17.4. The Bertz CT molecular complexity index is 275. The summed E-state index contributed by atoms with van der Waals surface area (Å²) in [7, 11) is 0. The van der Waals surface area contributed by atoms with Crippen molar-refractivity contribution in [3.05, 3.63) is 18.2 Å². The van der Waals surface area contributed by atoms with Crippen molar-refractivity contribution >= 4 is 38.3 Å². The van der Waals surface area contributed by atoms with Gasteiger partial charge in [-0.15, -0.1) is 0 Å². The zero-order chi connectivity index (χ0) is 9.84. The third-order valence-electron chi connectivity index (χ3n) is 1.49. The maximum absolute atomic E-state index is 10.7. The number of aliphatic carboxylic acids is 1. The van der Waals surface area contributed by atoms with E-state index in [2.05, 4.69) is 42.3 Å². The van der Waals surface area contributed by atoms with Crippen LogP contribution in [-0.4, -0.2) is 30.0 Å². The van der Waals surface area contributed by atoms with Gasteiger partial charge in [0.15, 0.2) is 0 Å². The van der Waals surface area contributed by atoms with Crippen LogP contribution < -0.4 is 0 Å². The third kappa shape index (κ3) is 3.09. The van der Waals surface area contributed by atoms with E-state index in [1.807, 2.05) is 0 Å². The van der Waals surface area contributed by atoms with E-state index in [0.717, 1.165) is 5.69 Å². The van der Waals surface area contributed by atoms with Crippen molar-refractivity contribution < 1.29 is 9.90 Å². The Morgan fingerprint density at radius 3 is 2.85 bits per heavy atom. The number of hydrogen-bond donors (Lipinski definition) is 2. The zero-order valence-corrected chi connectivity index (χ0v) is 9.62. The van der Waals surface area contributed by atoms with Crippen molar-refractivity contribution in [2.24, 2.45) is 0 Å². The van der Waals surface area contributed by atoms with Gasteiger partial charge in [0.05, 0.1) is 6.33 Å². The molecule has 1 heterocycles. The number of imidazole rings is 1. The quantitative estimate of drug-likeness (QED) is 0.823. The predicted molar refractivity (Wildman–Crippen MR) is 53.4 cm³/mol. The topological polar surface area (TPSA) is 69.2 Å². The van der Waals surface area contributed by atoms with Crippen molar-refractivity contribution in [2.45, 2.75) is 12.5 Å². The van der Waals surface area contributed by atoms with E-state index < -0.39 is 12.0 Å². The molecule has 2 N–H and O–H groups in total. The van der Waals surface area contributed by atoms with Gasteiger partial charge in [0.25, 0.3) is 0 Å². The Morgan fingerprint density at radius 2 is 2.46 bits per heavy atom. The van der Waals surface area contributed by atoms with Crippen LogP contribution in [0.2, 0.25) is 0 Å². The lowest BCUT2D eigenvalue weighted by Crippen LogP contribution is -2.30. The molecule has 0 aliphatic heterocycles. The van der Waals surface area contributed by atoms with E-state index >= 15 is 0 Å². The highest BCUT2D eigenvalue weighted by Crippen LogP contribution is 2.15. The summed E-state index contributed by atoms with van der Waals surface area (Å²) in [5.41, 5.74) is 0.774. The Hall–Kier alpha value is -0.400. The summed E-state index contributed by atoms with van der Waals surface area (Å²) in [6.07, 6.45) is 3.46. The normalized spacial score (nSPS) is 13.2. The van der Waals surface area contributed by atoms with Gasteiger partial charge in [0.1, 0.15) is 6.04 Å². The number of carboxylic acids is 1. The van der Waals surface area contributed by atoms with E-state index in [9.17, 15) is 4.79 Å². The van der Waals surface area contributed by atoms with Gasteiger partial charge < -0.3 is 10.1 Å². The molecule has 0 aliphatic carbocycles. The molecule has 0 fully saturated rings. The highest BCUT2D eigenvalue weighted by Gasteiger charge is 2.23. The number of hydrogen-bond acceptors (Lipinski definition) is 3. The molecule has 0 unspecified atom stereocenters. The number of H-pyrrole nitrogens is 1. The van der Waals surface area contributed by atoms with Crippen molar-refractivity contribution in [3.8, 4) is 0 Å². The molecule has 0 aliphatic rings. The zero-order valence-electron chi connectivity index (χ0n) is 6.44. The van der Waals surface area contributed by atoms with E-state index in [-0.39, 0.29) is 0 Å². The SMILES string of the molecule is O=C(O)[C@H](Cc1cnc[nH]1)N(Br)Br. The number of rotatable bonds is 4. The summed E-state index contributed by atoms with van der Waals surface area (Å²) < 4.78 is 1.29. The molecule has 1 aromatic heterocycles. The number of halogens is 2. The minimum atomic E-state index is -0.914. The van der Waals surface area contributed by atoms with E-state index in [1.165, 1.54) is 9.28 Å². The highest BCUT2D eigenvalue weighted by molar-refractivity contribution is 9.21. The first-order valence-corrected chi connectivity index (χ1v) is 4.84. The average molecular weight is 313 g/mol. The summed E-state index contributed by atoms with van der Waals surface area (Å²) in [6, 6.07) is -0.666. The predicted octanol–water partition coefficient (Wildman–Crippen LogP) is 1.33. The second-order valence-electron chi connectivity index (χ2n) is 2.39. The molecule has 0 radical (unpaired) electrons. The minimum Gasteiger partial charge on any atom is -0.480 e. The van der Waals surface area contributed by atoms with Crippen molar-refractivity contribution in [2.75, 3.05) is 0 Å². The van der Waals surface area contributed by atoms with Crippen LogP contribution in [0, 0.1) is 0 Å². The van der Waals surface area contributed by atoms with Crippen LogP contribution in [0.3, 0.4) is 0 Å². The maximum atomic E-state index is 10.7. The summed E-state index contributed by atoms with van der Waals surface area (Å²) >= 11 is 6.04. The van der Waals surface area contributed by atoms with Crippen LogP contribution in [0.5, 0.6) is 0 Å². The van der Waals surface area contributed by atoms with Crippen LogP contribution in [0.15, 0.2) is 12.5 Å². The van der Waals surface area contributed by atoms with Gasteiger partial charge in [-0.1, -0.05) is 0 Å². The molecular weight excluding hydrogens is 306 g/mol. The Kier molecular flexibility index (Phi) is 3.89. The Morgan fingerprint density at radius 1 is 1.77 bits per heavy atom. The lowest BCUT2D eigenvalue weighted by Gasteiger charge is -2.14. The maximum Gasteiger partial charge on any atom is 0.323 e. The summed E-state index contributed by atoms with van der Waals surface area (Å²) in [5, 5.41) is 8.81. The second-order valence-corrected chi connectivity index (χ2v) is 4.87. The molecular formula is C6H7Br2N3O2. The van der Waals surface area contributed by atoms with Crippen molar-refractivity contribution in [3.63, 3.8) is 0 Å². The molecule has 1 aromatic rings. The fourth-order valence-electron chi connectivity index (χ4n) is 0.844. The summed E-state index contributed by atoms with van der Waals surface area (Å²) in [5.74, 6) is -0.914. The molecule has 7 heteroatoms. The summed E-state index contributed by atoms with van der Waals surface area (Å²) in [6.45, 7) is 0. The number of carbonyl (C=O) groups is 1. The average Bonchev–Trinajstić information content (AvgIpc) is 2.50. The van der Waals surface area contributed by atoms with Gasteiger partial charge in [-0.3, -0.25) is 4.79 Å². The Balaban J connectivity index is 2.63. The molecule has 0 aromatic carbocycles. The number of nitrogens with zero attached hydrogens (tertiary/aromatic N) is 2. The van der Waals surface area contributed by atoms with Gasteiger partial charge in [0.2, 0.25) is 0 Å². The molecule has 1 atom stereocenters. The molecule has 13 heavy (non-hydrogen) atoms. The van der Waals surface area contributed by atoms with Crippen molar-refractivity contribution in [1.82, 2.24) is 12.9 Å². The van der Waals surface area contributed by atoms with Crippen LogP contribution in [0.25, 0.3) is 0 Å². The van der Waals surface area contributed by atoms with Gasteiger partial charge in [-0.2, -0.15) is 2.95 Å². The number of nitrogens with one attached hydrogen (secondary N) is 1. The first-order chi connectivity index (χ1) is 6.11. The molecule has 0 saturated heterocycles. The number of carboxylic acid groups (broad SMARTS) is 1. The van der Waals surface area contributed by atoms with Crippen LogP contribution in [0.4, 0.5) is 0 Å². The van der Waals surface area contributed by atoms with E-state index in [1.54, 1.807) is 6.20 Å².